The predicted octanol–water partition coefficient (Wildman–Crippen LogP) is 0.893. The first kappa shape index (κ1) is 16.8. The molecule has 2 nitrogen and oxygen atoms in total. The number of hydrogen-bond acceptors (Lipinski definition) is 1. The maximum atomic E-state index is 12.9. The van der Waals surface area contributed by atoms with Crippen LogP contribution in [0.4, 0.5) is 0 Å². The minimum Gasteiger partial charge on any atom is -1.00 e. The van der Waals surface area contributed by atoms with Crippen LogP contribution < -0.4 is 21.5 Å². The molecule has 1 aromatic heterocycles. The van der Waals surface area contributed by atoms with Gasteiger partial charge in [-0.1, -0.05) is 30.3 Å². The van der Waals surface area contributed by atoms with Crippen molar-refractivity contribution < 1.29 is 26.3 Å². The van der Waals surface area contributed by atoms with E-state index in [-0.39, 0.29) is 22.8 Å². The molecule has 1 aliphatic rings. The lowest BCUT2D eigenvalue weighted by atomic mass is 9.85. The summed E-state index contributed by atoms with van der Waals surface area (Å²) >= 11 is 0. The van der Waals surface area contributed by atoms with Crippen molar-refractivity contribution in [2.24, 2.45) is 0 Å². The van der Waals surface area contributed by atoms with Crippen molar-refractivity contribution in [3.63, 3.8) is 0 Å². The molecule has 0 unspecified atom stereocenters. The molecule has 3 aromatic rings. The summed E-state index contributed by atoms with van der Waals surface area (Å²) in [6.45, 7) is 0.392. The van der Waals surface area contributed by atoms with E-state index in [4.69, 9.17) is 0 Å². The molecular formula is C21H20BrNO. The van der Waals surface area contributed by atoms with E-state index in [9.17, 15) is 4.79 Å². The standard InChI is InChI=1S/C21H20NO.BrH/c23-21(15-22-12-6-1-7-13-22)20-14-16-8-2-3-9-17(16)18-10-4-5-11-19(18)20;/h1,4-7,10-14H,2-3,8-9,15H2;1H/q+1;/p-1. The van der Waals surface area contributed by atoms with Gasteiger partial charge in [-0.3, -0.25) is 4.79 Å². The van der Waals surface area contributed by atoms with Crippen LogP contribution in [0.15, 0.2) is 60.9 Å². The molecule has 0 saturated heterocycles. The smallest absolute Gasteiger partial charge is 0.228 e. The Labute approximate surface area is 152 Å². The fourth-order valence-electron chi connectivity index (χ4n) is 3.65. The van der Waals surface area contributed by atoms with Crippen LogP contribution in [0.3, 0.4) is 0 Å². The number of rotatable bonds is 3. The molecule has 122 valence electrons. The molecule has 1 aliphatic carbocycles. The molecule has 2 aromatic carbocycles. The lowest BCUT2D eigenvalue weighted by Crippen LogP contribution is -3.00. The van der Waals surface area contributed by atoms with Gasteiger partial charge in [0.15, 0.2) is 12.4 Å². The number of carbonyl (C=O) groups excluding carboxylic acids is 1. The molecule has 4 rings (SSSR count). The van der Waals surface area contributed by atoms with Crippen molar-refractivity contribution >= 4 is 16.6 Å². The van der Waals surface area contributed by atoms with Crippen LogP contribution in [0, 0.1) is 0 Å². The topological polar surface area (TPSA) is 20.9 Å². The number of nitrogens with zero attached hydrogens (tertiary/aromatic N) is 1. The lowest BCUT2D eigenvalue weighted by molar-refractivity contribution is -0.683. The van der Waals surface area contributed by atoms with Crippen LogP contribution in [0.25, 0.3) is 10.8 Å². The second kappa shape index (κ2) is 7.27. The van der Waals surface area contributed by atoms with Gasteiger partial charge in [0, 0.05) is 17.7 Å². The molecule has 0 radical (unpaired) electrons. The zero-order chi connectivity index (χ0) is 15.6. The largest absolute Gasteiger partial charge is 1.00 e. The Balaban J connectivity index is 0.00000169. The first-order valence-corrected chi connectivity index (χ1v) is 8.34. The molecule has 0 aliphatic heterocycles. The van der Waals surface area contributed by atoms with Crippen molar-refractivity contribution in [1.29, 1.82) is 0 Å². The van der Waals surface area contributed by atoms with Gasteiger partial charge in [0.2, 0.25) is 12.3 Å². The van der Waals surface area contributed by atoms with E-state index in [0.717, 1.165) is 23.8 Å². The van der Waals surface area contributed by atoms with Gasteiger partial charge in [-0.15, -0.1) is 0 Å². The van der Waals surface area contributed by atoms with E-state index in [1.165, 1.54) is 29.4 Å². The molecule has 0 bridgehead atoms. The van der Waals surface area contributed by atoms with E-state index in [0.29, 0.717) is 6.54 Å². The maximum Gasteiger partial charge on any atom is 0.228 e. The number of halogens is 1. The molecular weight excluding hydrogens is 362 g/mol. The number of ketones is 1. The minimum atomic E-state index is 0. The van der Waals surface area contributed by atoms with Gasteiger partial charge in [-0.25, -0.2) is 0 Å². The highest BCUT2D eigenvalue weighted by Gasteiger charge is 2.20. The van der Waals surface area contributed by atoms with Crippen LogP contribution in [-0.2, 0) is 19.4 Å². The average molecular weight is 382 g/mol. The lowest BCUT2D eigenvalue weighted by Gasteiger charge is -2.19. The summed E-state index contributed by atoms with van der Waals surface area (Å²) in [5.74, 6) is 0.186. The van der Waals surface area contributed by atoms with Crippen molar-refractivity contribution in [1.82, 2.24) is 0 Å². The molecule has 0 amide bonds. The minimum absolute atomic E-state index is 0. The summed E-state index contributed by atoms with van der Waals surface area (Å²) in [5, 5.41) is 2.38. The van der Waals surface area contributed by atoms with Gasteiger partial charge in [0.1, 0.15) is 0 Å². The Morgan fingerprint density at radius 1 is 0.917 bits per heavy atom. The quantitative estimate of drug-likeness (QED) is 0.487. The third-order valence-electron chi connectivity index (χ3n) is 4.78. The van der Waals surface area contributed by atoms with Crippen LogP contribution in [0.1, 0.15) is 34.3 Å². The monoisotopic (exact) mass is 381 g/mol. The number of pyridine rings is 1. The predicted molar refractivity (Wildman–Crippen MR) is 91.6 cm³/mol. The zero-order valence-corrected chi connectivity index (χ0v) is 15.1. The Hall–Kier alpha value is -2.00. The Morgan fingerprint density at radius 2 is 1.62 bits per heavy atom. The highest BCUT2D eigenvalue weighted by Crippen LogP contribution is 2.31. The molecule has 1 heterocycles. The van der Waals surface area contributed by atoms with Crippen molar-refractivity contribution in [3.05, 3.63) is 77.6 Å². The molecule has 0 N–H and O–H groups in total. The number of fused-ring (bicyclic) bond motifs is 3. The second-order valence-electron chi connectivity index (χ2n) is 6.29. The third kappa shape index (κ3) is 3.13. The van der Waals surface area contributed by atoms with E-state index in [1.807, 2.05) is 41.2 Å². The Kier molecular flexibility index (Phi) is 5.10. The average Bonchev–Trinajstić information content (AvgIpc) is 2.62. The highest BCUT2D eigenvalue weighted by molar-refractivity contribution is 6.08. The van der Waals surface area contributed by atoms with E-state index in [2.05, 4.69) is 24.3 Å². The summed E-state index contributed by atoms with van der Waals surface area (Å²) in [6.07, 6.45) is 8.60. The molecule has 0 atom stereocenters. The van der Waals surface area contributed by atoms with Crippen molar-refractivity contribution in [2.75, 3.05) is 0 Å². The number of aryl methyl sites for hydroxylation is 2. The van der Waals surface area contributed by atoms with Gasteiger partial charge in [0.25, 0.3) is 0 Å². The van der Waals surface area contributed by atoms with Crippen molar-refractivity contribution in [3.8, 4) is 0 Å². The first-order valence-electron chi connectivity index (χ1n) is 8.34. The molecule has 0 spiro atoms. The third-order valence-corrected chi connectivity index (χ3v) is 4.78. The summed E-state index contributed by atoms with van der Waals surface area (Å²) in [5.41, 5.74) is 3.70. The van der Waals surface area contributed by atoms with Crippen LogP contribution >= 0.6 is 0 Å². The number of carbonyl (C=O) groups is 1. The van der Waals surface area contributed by atoms with Gasteiger partial charge < -0.3 is 17.0 Å². The second-order valence-corrected chi connectivity index (χ2v) is 6.29. The van der Waals surface area contributed by atoms with E-state index >= 15 is 0 Å². The van der Waals surface area contributed by atoms with Crippen molar-refractivity contribution in [2.45, 2.75) is 32.2 Å². The normalized spacial score (nSPS) is 13.2. The maximum absolute atomic E-state index is 12.9. The summed E-state index contributed by atoms with van der Waals surface area (Å²) < 4.78 is 1.94. The fraction of sp³-hybridized carbons (Fsp3) is 0.238. The van der Waals surface area contributed by atoms with Gasteiger partial charge in [-0.05, 0) is 53.6 Å². The highest BCUT2D eigenvalue weighted by atomic mass is 79.9. The summed E-state index contributed by atoms with van der Waals surface area (Å²) in [7, 11) is 0. The van der Waals surface area contributed by atoms with Gasteiger partial charge in [0.05, 0.1) is 0 Å². The Bertz CT molecular complexity index is 874. The number of aromatic nitrogens is 1. The Morgan fingerprint density at radius 3 is 2.42 bits per heavy atom. The summed E-state index contributed by atoms with van der Waals surface area (Å²) in [4.78, 5) is 12.9. The number of benzene rings is 2. The molecule has 24 heavy (non-hydrogen) atoms. The van der Waals surface area contributed by atoms with Crippen LogP contribution in [0.5, 0.6) is 0 Å². The van der Waals surface area contributed by atoms with Gasteiger partial charge in [-0.2, -0.15) is 4.57 Å². The number of Topliss-reactive ketones (excluding diaryl/α,β-unsaturated/α-hetero) is 1. The molecule has 0 fully saturated rings. The SMILES string of the molecule is O=C(C[n+]1ccccc1)c1cc2c(c3ccccc13)CCCC2.[Br-]. The number of hydrogen-bond donors (Lipinski definition) is 0. The summed E-state index contributed by atoms with van der Waals surface area (Å²) in [6, 6.07) is 16.4. The van der Waals surface area contributed by atoms with Crippen LogP contribution in [-0.4, -0.2) is 5.78 Å². The van der Waals surface area contributed by atoms with E-state index < -0.39 is 0 Å². The van der Waals surface area contributed by atoms with E-state index in [1.54, 1.807) is 0 Å². The van der Waals surface area contributed by atoms with Crippen LogP contribution in [0.2, 0.25) is 0 Å². The molecule has 3 heteroatoms. The van der Waals surface area contributed by atoms with Gasteiger partial charge >= 0.3 is 0 Å². The fourth-order valence-corrected chi connectivity index (χ4v) is 3.65. The zero-order valence-electron chi connectivity index (χ0n) is 13.5. The first-order chi connectivity index (χ1) is 11.3. The molecule has 0 saturated carbocycles.